The Kier molecular flexibility index (Phi) is 1.39. The molecule has 0 fully saturated rings. The maximum absolute atomic E-state index is 11.3. The van der Waals surface area contributed by atoms with Gasteiger partial charge in [0.15, 0.2) is 11.3 Å². The predicted molar refractivity (Wildman–Crippen MR) is 48.6 cm³/mol. The summed E-state index contributed by atoms with van der Waals surface area (Å²) in [4.78, 5) is 0. The molecular formula is C7H8N4O3. The predicted octanol–water partition coefficient (Wildman–Crippen LogP) is -0.618. The van der Waals surface area contributed by atoms with E-state index in [9.17, 15) is 15.5 Å². The van der Waals surface area contributed by atoms with Gasteiger partial charge in [-0.15, -0.1) is 0 Å². The first kappa shape index (κ1) is 8.30. The maximum atomic E-state index is 11.3. The molecule has 0 amide bonds. The zero-order chi connectivity index (χ0) is 10.5. The minimum Gasteiger partial charge on any atom is -0.739 e. The lowest BCUT2D eigenvalue weighted by molar-refractivity contribution is -0.563. The van der Waals surface area contributed by atoms with Crippen LogP contribution in [0, 0.1) is 5.21 Å². The molecule has 0 saturated heterocycles. The fourth-order valence-corrected chi connectivity index (χ4v) is 1.32. The lowest BCUT2D eigenvalue weighted by atomic mass is 10.2. The molecule has 1 aromatic heterocycles. The van der Waals surface area contributed by atoms with Crippen LogP contribution in [0.4, 0.5) is 11.6 Å². The van der Waals surface area contributed by atoms with E-state index in [1.807, 2.05) is 0 Å². The number of hydrogen-bond donors (Lipinski definition) is 4. The van der Waals surface area contributed by atoms with Gasteiger partial charge in [0.05, 0.1) is 5.69 Å². The number of hydrogen-bond acceptors (Lipinski definition) is 5. The van der Waals surface area contributed by atoms with E-state index in [1.165, 1.54) is 12.1 Å². The van der Waals surface area contributed by atoms with Gasteiger partial charge in [-0.3, -0.25) is 5.73 Å². The second-order valence-electron chi connectivity index (χ2n) is 2.84. The Morgan fingerprint density at radius 1 is 1.36 bits per heavy atom. The van der Waals surface area contributed by atoms with Gasteiger partial charge in [0.2, 0.25) is 5.52 Å². The molecule has 0 aliphatic heterocycles. The van der Waals surface area contributed by atoms with Gasteiger partial charge in [0.1, 0.15) is 0 Å². The Hall–Kier alpha value is -2.31. The molecule has 1 heterocycles. The summed E-state index contributed by atoms with van der Waals surface area (Å²) in [5.74, 6) is -0.739. The summed E-state index contributed by atoms with van der Waals surface area (Å²) in [6.07, 6.45) is 0. The number of nitrogens with two attached hydrogens (primary N) is 2. The lowest BCUT2D eigenvalue weighted by Gasteiger charge is -2.01. The Bertz CT molecular complexity index is 474. The Morgan fingerprint density at radius 2 is 2.00 bits per heavy atom. The van der Waals surface area contributed by atoms with Crippen LogP contribution in [0.1, 0.15) is 0 Å². The van der Waals surface area contributed by atoms with Crippen LogP contribution in [0.5, 0.6) is 5.75 Å². The highest BCUT2D eigenvalue weighted by molar-refractivity contribution is 5.90. The summed E-state index contributed by atoms with van der Waals surface area (Å²) >= 11 is 0. The number of aromatic nitrogens is 2. The van der Waals surface area contributed by atoms with Crippen LogP contribution in [0.25, 0.3) is 11.0 Å². The number of aromatic hydroxyl groups is 1. The molecule has 0 aliphatic rings. The summed E-state index contributed by atoms with van der Waals surface area (Å²) in [7, 11) is 0. The molecule has 74 valence electrons. The molecule has 0 unspecified atom stereocenters. The molecule has 6 N–H and O–H groups in total. The van der Waals surface area contributed by atoms with Crippen LogP contribution in [0.2, 0.25) is 0 Å². The van der Waals surface area contributed by atoms with Gasteiger partial charge in [-0.1, -0.05) is 4.73 Å². The molecule has 0 bridgehead atoms. The van der Waals surface area contributed by atoms with Crippen molar-refractivity contribution in [2.45, 2.75) is 0 Å². The van der Waals surface area contributed by atoms with Crippen LogP contribution in [-0.4, -0.2) is 15.0 Å². The third-order valence-electron chi connectivity index (χ3n) is 2.00. The molecule has 0 atom stereocenters. The largest absolute Gasteiger partial charge is 0.739 e. The maximum Gasteiger partial charge on any atom is 0.393 e. The third-order valence-corrected chi connectivity index (χ3v) is 2.00. The molecule has 2 aromatic rings. The van der Waals surface area contributed by atoms with Crippen molar-refractivity contribution in [3.05, 3.63) is 17.3 Å². The van der Waals surface area contributed by atoms with Gasteiger partial charge in [-0.2, -0.15) is 0 Å². The number of phenols is 1. The van der Waals surface area contributed by atoms with Gasteiger partial charge in [0.25, 0.3) is 0 Å². The van der Waals surface area contributed by atoms with Crippen LogP contribution < -0.4 is 16.2 Å². The minimum atomic E-state index is -0.451. The molecule has 1 aromatic carbocycles. The van der Waals surface area contributed by atoms with Crippen molar-refractivity contribution in [3.63, 3.8) is 0 Å². The fourth-order valence-electron chi connectivity index (χ4n) is 1.32. The number of imidazole rings is 1. The number of benzene rings is 1. The molecule has 7 heteroatoms. The molecule has 0 spiro atoms. The van der Waals surface area contributed by atoms with Gasteiger partial charge >= 0.3 is 5.95 Å². The summed E-state index contributed by atoms with van der Waals surface area (Å²) in [6.45, 7) is 0. The number of phenolic OH excluding ortho intramolecular Hbond substituents is 1. The zero-order valence-electron chi connectivity index (χ0n) is 7.01. The Labute approximate surface area is 77.9 Å². The van der Waals surface area contributed by atoms with Crippen molar-refractivity contribution in [3.8, 4) is 5.75 Å². The minimum absolute atomic E-state index is 0.00231. The molecular weight excluding hydrogens is 188 g/mol. The molecule has 0 saturated carbocycles. The second-order valence-corrected chi connectivity index (χ2v) is 2.84. The number of anilines is 2. The summed E-state index contributed by atoms with van der Waals surface area (Å²) in [6, 6.07) is 2.62. The van der Waals surface area contributed by atoms with Crippen molar-refractivity contribution in [2.24, 2.45) is 0 Å². The first-order valence-electron chi connectivity index (χ1n) is 3.74. The monoisotopic (exact) mass is 196 g/mol. The second kappa shape index (κ2) is 2.34. The average Bonchev–Trinajstić information content (AvgIpc) is 2.38. The average molecular weight is 196 g/mol. The standard InChI is InChI=1S/C7H8N4O3/c8-3-1-2-4(12)6-5(3)10(13)7(9)11(6)14/h1-2,12-13H,8-9H2. The molecule has 2 rings (SSSR count). The highest BCUT2D eigenvalue weighted by atomic mass is 16.5. The van der Waals surface area contributed by atoms with Crippen molar-refractivity contribution < 1.29 is 15.0 Å². The van der Waals surface area contributed by atoms with Crippen molar-refractivity contribution in [2.75, 3.05) is 11.5 Å². The fraction of sp³-hybridized carbons (Fsp3) is 0. The van der Waals surface area contributed by atoms with E-state index in [1.54, 1.807) is 0 Å². The molecule has 7 nitrogen and oxygen atoms in total. The van der Waals surface area contributed by atoms with Crippen molar-refractivity contribution in [1.82, 2.24) is 4.73 Å². The summed E-state index contributed by atoms with van der Waals surface area (Å²) in [5, 5.41) is 30.0. The highest BCUT2D eigenvalue weighted by Crippen LogP contribution is 2.27. The van der Waals surface area contributed by atoms with E-state index >= 15 is 0 Å². The van der Waals surface area contributed by atoms with E-state index in [0.717, 1.165) is 0 Å². The van der Waals surface area contributed by atoms with Crippen LogP contribution in [0.3, 0.4) is 0 Å². The van der Waals surface area contributed by atoms with E-state index < -0.39 is 5.95 Å². The normalized spacial score (nSPS) is 10.9. The number of rotatable bonds is 0. The zero-order valence-corrected chi connectivity index (χ0v) is 7.01. The highest BCUT2D eigenvalue weighted by Gasteiger charge is 2.21. The van der Waals surface area contributed by atoms with Crippen LogP contribution >= 0.6 is 0 Å². The number of fused-ring (bicyclic) bond motifs is 1. The molecule has 0 aliphatic carbocycles. The van der Waals surface area contributed by atoms with Gasteiger partial charge in [0, 0.05) is 0 Å². The third kappa shape index (κ3) is 0.777. The SMILES string of the molecule is Nc1ccc(O)c2c1n(O)c(N)[n+]2[O-]. The van der Waals surface area contributed by atoms with E-state index in [2.05, 4.69) is 0 Å². The van der Waals surface area contributed by atoms with E-state index in [4.69, 9.17) is 11.5 Å². The van der Waals surface area contributed by atoms with Gasteiger partial charge < -0.3 is 21.3 Å². The van der Waals surface area contributed by atoms with E-state index in [-0.39, 0.29) is 27.2 Å². The molecule has 14 heavy (non-hydrogen) atoms. The van der Waals surface area contributed by atoms with Gasteiger partial charge in [-0.05, 0) is 12.1 Å². The topological polar surface area (TPSA) is 124 Å². The van der Waals surface area contributed by atoms with E-state index in [0.29, 0.717) is 4.73 Å². The van der Waals surface area contributed by atoms with Crippen molar-refractivity contribution in [1.29, 1.82) is 0 Å². The smallest absolute Gasteiger partial charge is 0.393 e. The first-order valence-corrected chi connectivity index (χ1v) is 3.74. The Morgan fingerprint density at radius 3 is 2.57 bits per heavy atom. The quantitative estimate of drug-likeness (QED) is 0.147. The van der Waals surface area contributed by atoms with Crippen LogP contribution in [0.15, 0.2) is 12.1 Å². The lowest BCUT2D eigenvalue weighted by Crippen LogP contribution is -2.29. The van der Waals surface area contributed by atoms with Gasteiger partial charge in [-0.25, -0.2) is 4.73 Å². The van der Waals surface area contributed by atoms with Crippen molar-refractivity contribution >= 4 is 22.7 Å². The molecule has 0 radical (unpaired) electrons. The number of nitrogen functional groups attached to an aromatic ring is 2. The summed E-state index contributed by atoms with van der Waals surface area (Å²) in [5.41, 5.74) is 10.8. The summed E-state index contributed by atoms with van der Waals surface area (Å²) < 4.78 is 0.651. The number of nitrogens with zero attached hydrogens (tertiary/aromatic N) is 2. The van der Waals surface area contributed by atoms with Crippen LogP contribution in [-0.2, 0) is 0 Å². The first-order chi connectivity index (χ1) is 6.54. The Balaban J connectivity index is 3.08.